The topological polar surface area (TPSA) is 43.8 Å². The lowest BCUT2D eigenvalue weighted by Gasteiger charge is -1.95. The summed E-state index contributed by atoms with van der Waals surface area (Å²) in [7, 11) is 0. The van der Waals surface area contributed by atoms with Crippen LogP contribution >= 0.6 is 0 Å². The van der Waals surface area contributed by atoms with Crippen LogP contribution in [0, 0.1) is 6.92 Å². The molecule has 0 aliphatic heterocycles. The maximum atomic E-state index is 5.53. The van der Waals surface area contributed by atoms with Crippen LogP contribution in [0.1, 0.15) is 5.69 Å². The Morgan fingerprint density at radius 3 is 2.92 bits per heavy atom. The van der Waals surface area contributed by atoms with Gasteiger partial charge in [0.25, 0.3) is 0 Å². The van der Waals surface area contributed by atoms with Gasteiger partial charge in [0.1, 0.15) is 0 Å². The Bertz CT molecular complexity index is 403. The van der Waals surface area contributed by atoms with E-state index in [1.807, 2.05) is 29.8 Å². The third-order valence-corrected chi connectivity index (χ3v) is 2.02. The average molecular weight is 161 g/mol. The summed E-state index contributed by atoms with van der Waals surface area (Å²) in [4.78, 5) is 0. The van der Waals surface area contributed by atoms with Gasteiger partial charge in [-0.3, -0.25) is 4.68 Å². The van der Waals surface area contributed by atoms with E-state index in [0.717, 1.165) is 11.2 Å². The highest BCUT2D eigenvalue weighted by molar-refractivity contribution is 5.81. The molecule has 3 nitrogen and oxygen atoms in total. The Morgan fingerprint density at radius 1 is 1.42 bits per heavy atom. The lowest BCUT2D eigenvalue weighted by molar-refractivity contribution is 0.654. The number of aryl methyl sites for hydroxylation is 1. The Hall–Kier alpha value is -1.35. The fourth-order valence-corrected chi connectivity index (χ4v) is 1.43. The summed E-state index contributed by atoms with van der Waals surface area (Å²) in [5.41, 5.74) is 7.68. The van der Waals surface area contributed by atoms with Crippen LogP contribution in [0.3, 0.4) is 0 Å². The van der Waals surface area contributed by atoms with Crippen LogP contribution in [0.5, 0.6) is 0 Å². The van der Waals surface area contributed by atoms with E-state index in [1.165, 1.54) is 5.39 Å². The van der Waals surface area contributed by atoms with Crippen LogP contribution in [0.15, 0.2) is 24.3 Å². The van der Waals surface area contributed by atoms with Crippen molar-refractivity contribution in [1.29, 1.82) is 0 Å². The molecule has 0 spiro atoms. The van der Waals surface area contributed by atoms with E-state index in [1.54, 1.807) is 0 Å². The molecule has 2 aromatic rings. The summed E-state index contributed by atoms with van der Waals surface area (Å²) < 4.78 is 1.81. The van der Waals surface area contributed by atoms with Crippen molar-refractivity contribution in [2.75, 3.05) is 0 Å². The summed E-state index contributed by atoms with van der Waals surface area (Å²) in [5.74, 6) is 0. The molecule has 0 unspecified atom stereocenters. The third kappa shape index (κ3) is 0.905. The Labute approximate surface area is 70.8 Å². The predicted molar refractivity (Wildman–Crippen MR) is 48.7 cm³/mol. The van der Waals surface area contributed by atoms with Gasteiger partial charge in [-0.2, -0.15) is 5.10 Å². The Kier molecular flexibility index (Phi) is 1.59. The van der Waals surface area contributed by atoms with E-state index in [4.69, 9.17) is 5.73 Å². The van der Waals surface area contributed by atoms with E-state index < -0.39 is 0 Å². The number of nitrogens with two attached hydrogens (primary N) is 1. The molecule has 62 valence electrons. The molecule has 12 heavy (non-hydrogen) atoms. The van der Waals surface area contributed by atoms with Gasteiger partial charge < -0.3 is 5.73 Å². The Morgan fingerprint density at radius 2 is 2.17 bits per heavy atom. The molecular formula is C9H11N3. The molecule has 1 heterocycles. The maximum absolute atomic E-state index is 5.53. The number of hydrogen-bond acceptors (Lipinski definition) is 2. The second-order valence-electron chi connectivity index (χ2n) is 2.78. The lowest BCUT2D eigenvalue weighted by Crippen LogP contribution is -2.08. The van der Waals surface area contributed by atoms with Crippen LogP contribution in [0.2, 0.25) is 0 Å². The molecule has 0 saturated heterocycles. The smallest absolute Gasteiger partial charge is 0.0886 e. The van der Waals surface area contributed by atoms with Crippen LogP contribution in [-0.2, 0) is 6.67 Å². The van der Waals surface area contributed by atoms with E-state index in [9.17, 15) is 0 Å². The van der Waals surface area contributed by atoms with Gasteiger partial charge in [0, 0.05) is 5.39 Å². The first kappa shape index (κ1) is 7.31. The molecule has 0 radical (unpaired) electrons. The molecule has 0 aliphatic rings. The van der Waals surface area contributed by atoms with Gasteiger partial charge >= 0.3 is 0 Å². The van der Waals surface area contributed by atoms with Crippen LogP contribution in [0.4, 0.5) is 0 Å². The van der Waals surface area contributed by atoms with Gasteiger partial charge in [-0.25, -0.2) is 0 Å². The minimum absolute atomic E-state index is 0.439. The number of fused-ring (bicyclic) bond motifs is 1. The number of nitrogens with zero attached hydrogens (tertiary/aromatic N) is 2. The monoisotopic (exact) mass is 161 g/mol. The zero-order valence-corrected chi connectivity index (χ0v) is 6.99. The maximum Gasteiger partial charge on any atom is 0.0886 e. The first-order valence-electron chi connectivity index (χ1n) is 3.95. The molecular weight excluding hydrogens is 150 g/mol. The summed E-state index contributed by atoms with van der Waals surface area (Å²) in [6, 6.07) is 8.10. The quantitative estimate of drug-likeness (QED) is 0.684. The number of hydrogen-bond donors (Lipinski definition) is 1. The second kappa shape index (κ2) is 2.60. The van der Waals surface area contributed by atoms with Gasteiger partial charge in [-0.1, -0.05) is 18.2 Å². The normalized spacial score (nSPS) is 10.8. The van der Waals surface area contributed by atoms with Crippen molar-refractivity contribution in [3.63, 3.8) is 0 Å². The molecule has 2 rings (SSSR count). The molecule has 0 atom stereocenters. The molecule has 1 aromatic heterocycles. The minimum Gasteiger partial charge on any atom is -0.312 e. The van der Waals surface area contributed by atoms with Crippen LogP contribution < -0.4 is 5.73 Å². The van der Waals surface area contributed by atoms with E-state index >= 15 is 0 Å². The van der Waals surface area contributed by atoms with Crippen molar-refractivity contribution in [2.45, 2.75) is 13.6 Å². The van der Waals surface area contributed by atoms with Gasteiger partial charge in [-0.15, -0.1) is 0 Å². The first-order chi connectivity index (χ1) is 5.83. The van der Waals surface area contributed by atoms with Gasteiger partial charge in [0.05, 0.1) is 17.9 Å². The molecule has 0 bridgehead atoms. The summed E-state index contributed by atoms with van der Waals surface area (Å²) >= 11 is 0. The van der Waals surface area contributed by atoms with E-state index in [2.05, 4.69) is 11.2 Å². The van der Waals surface area contributed by atoms with Crippen LogP contribution in [-0.4, -0.2) is 9.78 Å². The molecule has 1 aromatic carbocycles. The molecule has 3 heteroatoms. The molecule has 0 aliphatic carbocycles. The zero-order valence-electron chi connectivity index (χ0n) is 6.99. The van der Waals surface area contributed by atoms with E-state index in [0.29, 0.717) is 6.67 Å². The predicted octanol–water partition coefficient (Wildman–Crippen LogP) is 1.26. The van der Waals surface area contributed by atoms with Crippen molar-refractivity contribution >= 4 is 10.9 Å². The largest absolute Gasteiger partial charge is 0.312 e. The van der Waals surface area contributed by atoms with Crippen LogP contribution in [0.25, 0.3) is 10.9 Å². The summed E-state index contributed by atoms with van der Waals surface area (Å²) in [5, 5.41) is 5.48. The van der Waals surface area contributed by atoms with Gasteiger partial charge in [-0.05, 0) is 13.0 Å². The standard InChI is InChI=1S/C9H11N3/c1-7-8-4-2-3-5-9(8)12(6-10)11-7/h2-5H,6,10H2,1H3. The van der Waals surface area contributed by atoms with Crippen molar-refractivity contribution in [2.24, 2.45) is 5.73 Å². The molecule has 0 amide bonds. The fraction of sp³-hybridized carbons (Fsp3) is 0.222. The van der Waals surface area contributed by atoms with E-state index in [-0.39, 0.29) is 0 Å². The molecule has 2 N–H and O–H groups in total. The summed E-state index contributed by atoms with van der Waals surface area (Å²) in [6.07, 6.45) is 0. The number of benzene rings is 1. The fourth-order valence-electron chi connectivity index (χ4n) is 1.43. The highest BCUT2D eigenvalue weighted by Gasteiger charge is 2.03. The van der Waals surface area contributed by atoms with Crippen molar-refractivity contribution < 1.29 is 0 Å². The average Bonchev–Trinajstić information content (AvgIpc) is 2.44. The highest BCUT2D eigenvalue weighted by atomic mass is 15.3. The van der Waals surface area contributed by atoms with Gasteiger partial charge in [0.2, 0.25) is 0 Å². The number of aromatic nitrogens is 2. The third-order valence-electron chi connectivity index (χ3n) is 2.02. The van der Waals surface area contributed by atoms with Gasteiger partial charge in [0.15, 0.2) is 0 Å². The zero-order chi connectivity index (χ0) is 8.55. The first-order valence-corrected chi connectivity index (χ1v) is 3.95. The Balaban J connectivity index is 2.82. The molecule has 0 fully saturated rings. The number of para-hydroxylation sites is 1. The highest BCUT2D eigenvalue weighted by Crippen LogP contribution is 2.16. The van der Waals surface area contributed by atoms with Crippen molar-refractivity contribution in [3.8, 4) is 0 Å². The summed E-state index contributed by atoms with van der Waals surface area (Å²) in [6.45, 7) is 2.43. The van der Waals surface area contributed by atoms with Crippen molar-refractivity contribution in [3.05, 3.63) is 30.0 Å². The lowest BCUT2D eigenvalue weighted by atomic mass is 10.2. The second-order valence-corrected chi connectivity index (χ2v) is 2.78. The molecule has 0 saturated carbocycles. The van der Waals surface area contributed by atoms with Crippen molar-refractivity contribution in [1.82, 2.24) is 9.78 Å². The SMILES string of the molecule is Cc1nn(CN)c2ccccc12. The number of rotatable bonds is 1. The minimum atomic E-state index is 0.439.